The van der Waals surface area contributed by atoms with Crippen molar-refractivity contribution < 1.29 is 8.78 Å². The van der Waals surface area contributed by atoms with Crippen molar-refractivity contribution >= 4 is 31.6 Å². The minimum atomic E-state index is -0.535. The third-order valence-corrected chi connectivity index (χ3v) is 6.15. The first-order valence-electron chi connectivity index (χ1n) is 9.20. The molecule has 0 saturated carbocycles. The predicted molar refractivity (Wildman–Crippen MR) is 115 cm³/mol. The number of halogens is 2. The van der Waals surface area contributed by atoms with E-state index in [-0.39, 0.29) is 12.4 Å². The van der Waals surface area contributed by atoms with E-state index in [0.29, 0.717) is 15.9 Å². The first kappa shape index (κ1) is 18.4. The lowest BCUT2D eigenvalue weighted by Gasteiger charge is -2.13. The van der Waals surface area contributed by atoms with Gasteiger partial charge in [0.05, 0.1) is 17.7 Å². The van der Waals surface area contributed by atoms with Crippen LogP contribution in [0.15, 0.2) is 82.4 Å². The molecule has 30 heavy (non-hydrogen) atoms. The number of nitrogens with zero attached hydrogens (tertiary/aromatic N) is 2. The number of hydrogen-bond acceptors (Lipinski definition) is 3. The first-order chi connectivity index (χ1) is 14.5. The van der Waals surface area contributed by atoms with E-state index in [9.17, 15) is 18.4 Å². The van der Waals surface area contributed by atoms with Gasteiger partial charge in [-0.05, 0) is 48.0 Å². The summed E-state index contributed by atoms with van der Waals surface area (Å²) < 4.78 is 30.6. The van der Waals surface area contributed by atoms with E-state index in [1.807, 2.05) is 24.3 Å². The maximum absolute atomic E-state index is 13.5. The van der Waals surface area contributed by atoms with E-state index in [4.69, 9.17) is 0 Å². The monoisotopic (exact) mass is 420 g/mol. The van der Waals surface area contributed by atoms with Crippen LogP contribution in [-0.2, 0) is 6.54 Å². The number of thiophene rings is 1. The third-order valence-electron chi connectivity index (χ3n) is 5.00. The lowest BCUT2D eigenvalue weighted by molar-refractivity contribution is 0.624. The van der Waals surface area contributed by atoms with Crippen molar-refractivity contribution in [2.24, 2.45) is 0 Å². The summed E-state index contributed by atoms with van der Waals surface area (Å²) in [6.07, 6.45) is 0. The van der Waals surface area contributed by atoms with Crippen LogP contribution in [0, 0.1) is 11.6 Å². The summed E-state index contributed by atoms with van der Waals surface area (Å²) in [5, 5.41) is 0.806. The molecule has 148 valence electrons. The van der Waals surface area contributed by atoms with Crippen LogP contribution in [0.5, 0.6) is 0 Å². The van der Waals surface area contributed by atoms with Crippen molar-refractivity contribution in [3.63, 3.8) is 0 Å². The third kappa shape index (κ3) is 2.95. The van der Waals surface area contributed by atoms with Crippen molar-refractivity contribution in [2.45, 2.75) is 6.54 Å². The van der Waals surface area contributed by atoms with E-state index >= 15 is 0 Å². The molecule has 0 fully saturated rings. The smallest absolute Gasteiger partial charge is 0.287 e. The van der Waals surface area contributed by atoms with Crippen molar-refractivity contribution in [2.75, 3.05) is 0 Å². The van der Waals surface area contributed by atoms with Gasteiger partial charge in [-0.1, -0.05) is 30.3 Å². The van der Waals surface area contributed by atoms with Gasteiger partial charge in [-0.25, -0.2) is 18.1 Å². The van der Waals surface area contributed by atoms with E-state index in [1.165, 1.54) is 52.3 Å². The van der Waals surface area contributed by atoms with Crippen LogP contribution in [0.2, 0.25) is 0 Å². The summed E-state index contributed by atoms with van der Waals surface area (Å²) in [5.41, 5.74) is 0.580. The fourth-order valence-electron chi connectivity index (χ4n) is 3.59. The molecule has 5 aromatic rings. The highest BCUT2D eigenvalue weighted by molar-refractivity contribution is 7.25. The Balaban J connectivity index is 1.87. The van der Waals surface area contributed by atoms with Gasteiger partial charge in [0.1, 0.15) is 16.3 Å². The normalized spacial score (nSPS) is 11.4. The van der Waals surface area contributed by atoms with E-state index in [1.54, 1.807) is 12.1 Å². The summed E-state index contributed by atoms with van der Waals surface area (Å²) in [5.74, 6) is -0.824. The maximum Gasteiger partial charge on any atom is 0.336 e. The molecule has 7 heteroatoms. The number of benzene rings is 3. The topological polar surface area (TPSA) is 44.0 Å². The van der Waals surface area contributed by atoms with Crippen molar-refractivity contribution in [1.82, 2.24) is 9.13 Å². The van der Waals surface area contributed by atoms with Gasteiger partial charge in [0.25, 0.3) is 5.56 Å². The van der Waals surface area contributed by atoms with Crippen molar-refractivity contribution in [3.05, 3.63) is 111 Å². The highest BCUT2D eigenvalue weighted by atomic mass is 32.1. The van der Waals surface area contributed by atoms with Gasteiger partial charge >= 0.3 is 5.69 Å². The zero-order valence-electron chi connectivity index (χ0n) is 15.5. The Hall–Kier alpha value is -3.58. The van der Waals surface area contributed by atoms with Crippen LogP contribution < -0.4 is 11.2 Å². The molecule has 0 radical (unpaired) electrons. The molecule has 0 aliphatic rings. The van der Waals surface area contributed by atoms with Gasteiger partial charge in [0, 0.05) is 10.1 Å². The van der Waals surface area contributed by atoms with Crippen molar-refractivity contribution in [3.8, 4) is 5.69 Å². The molecule has 2 aromatic heterocycles. The Morgan fingerprint density at radius 3 is 2.13 bits per heavy atom. The number of aromatic nitrogens is 2. The first-order valence-corrected chi connectivity index (χ1v) is 10.0. The second-order valence-electron chi connectivity index (χ2n) is 6.89. The largest absolute Gasteiger partial charge is 0.336 e. The van der Waals surface area contributed by atoms with Gasteiger partial charge in [-0.3, -0.25) is 9.36 Å². The van der Waals surface area contributed by atoms with E-state index in [2.05, 4.69) is 0 Å². The minimum absolute atomic E-state index is 0.164. The fourth-order valence-corrected chi connectivity index (χ4v) is 4.72. The van der Waals surface area contributed by atoms with Gasteiger partial charge < -0.3 is 0 Å². The summed E-state index contributed by atoms with van der Waals surface area (Å²) >= 11 is 1.31. The molecule has 0 amide bonds. The van der Waals surface area contributed by atoms with Crippen molar-refractivity contribution in [1.29, 1.82) is 0 Å². The van der Waals surface area contributed by atoms with Crippen LogP contribution in [0.25, 0.3) is 26.0 Å². The lowest BCUT2D eigenvalue weighted by atomic mass is 10.2. The van der Waals surface area contributed by atoms with Crippen LogP contribution in [0.1, 0.15) is 5.56 Å². The Labute approximate surface area is 172 Å². The standard InChI is InChI=1S/C23H14F2N2O2S/c24-15-7-5-14(6-8-15)13-26-20-18-3-1-2-4-19(18)30-21(20)22(28)27(23(26)29)17-11-9-16(25)10-12-17/h1-12H,13H2. The van der Waals surface area contributed by atoms with Gasteiger partial charge in [-0.2, -0.15) is 0 Å². The second-order valence-corrected chi connectivity index (χ2v) is 7.94. The predicted octanol–water partition coefficient (Wildman–Crippen LogP) is 4.69. The van der Waals surface area contributed by atoms with Gasteiger partial charge in [0.15, 0.2) is 0 Å². The number of fused-ring (bicyclic) bond motifs is 3. The molecule has 5 rings (SSSR count). The molecule has 0 saturated heterocycles. The molecular formula is C23H14F2N2O2S. The molecule has 2 heterocycles. The van der Waals surface area contributed by atoms with E-state index in [0.717, 1.165) is 20.2 Å². The Morgan fingerprint density at radius 1 is 0.800 bits per heavy atom. The summed E-state index contributed by atoms with van der Waals surface area (Å²) in [4.78, 5) is 26.7. The quantitative estimate of drug-likeness (QED) is 0.425. The number of rotatable bonds is 3. The highest BCUT2D eigenvalue weighted by Gasteiger charge is 2.19. The second kappa shape index (κ2) is 7.03. The lowest BCUT2D eigenvalue weighted by Crippen LogP contribution is -2.38. The van der Waals surface area contributed by atoms with Crippen LogP contribution >= 0.6 is 11.3 Å². The SMILES string of the molecule is O=c1c2sc3ccccc3c2n(Cc2ccc(F)cc2)c(=O)n1-c1ccc(F)cc1. The molecule has 0 N–H and O–H groups in total. The molecule has 0 aliphatic carbocycles. The average Bonchev–Trinajstić information content (AvgIpc) is 3.14. The van der Waals surface area contributed by atoms with Crippen LogP contribution in [0.4, 0.5) is 8.78 Å². The summed E-state index contributed by atoms with van der Waals surface area (Å²) in [7, 11) is 0. The zero-order chi connectivity index (χ0) is 20.8. The highest BCUT2D eigenvalue weighted by Crippen LogP contribution is 2.31. The molecule has 0 unspecified atom stereocenters. The minimum Gasteiger partial charge on any atom is -0.287 e. The summed E-state index contributed by atoms with van der Waals surface area (Å²) in [6.45, 7) is 0.164. The average molecular weight is 420 g/mol. The summed E-state index contributed by atoms with van der Waals surface area (Å²) in [6, 6.07) is 18.6. The van der Waals surface area contributed by atoms with Crippen LogP contribution in [-0.4, -0.2) is 9.13 Å². The Bertz CT molecular complexity index is 1510. The zero-order valence-corrected chi connectivity index (χ0v) is 16.3. The molecular weight excluding hydrogens is 406 g/mol. The molecule has 3 aromatic carbocycles. The van der Waals surface area contributed by atoms with Gasteiger partial charge in [-0.15, -0.1) is 11.3 Å². The van der Waals surface area contributed by atoms with E-state index < -0.39 is 17.1 Å². The maximum atomic E-state index is 13.5. The molecule has 0 spiro atoms. The Kier molecular flexibility index (Phi) is 4.33. The Morgan fingerprint density at radius 2 is 1.43 bits per heavy atom. The van der Waals surface area contributed by atoms with Gasteiger partial charge in [0.2, 0.25) is 0 Å². The molecule has 0 atom stereocenters. The molecule has 4 nitrogen and oxygen atoms in total. The molecule has 0 bridgehead atoms. The van der Waals surface area contributed by atoms with Crippen LogP contribution in [0.3, 0.4) is 0 Å². The number of hydrogen-bond donors (Lipinski definition) is 0. The fraction of sp³-hybridized carbons (Fsp3) is 0.0435. The molecule has 0 aliphatic heterocycles.